The van der Waals surface area contributed by atoms with Crippen molar-refractivity contribution in [3.63, 3.8) is 0 Å². The van der Waals surface area contributed by atoms with Gasteiger partial charge >= 0.3 is 0 Å². The van der Waals surface area contributed by atoms with Crippen LogP contribution in [0.5, 0.6) is 0 Å². The van der Waals surface area contributed by atoms with Gasteiger partial charge in [-0.3, -0.25) is 4.79 Å². The van der Waals surface area contributed by atoms with Crippen LogP contribution in [0.25, 0.3) is 5.69 Å². The lowest BCUT2D eigenvalue weighted by Crippen LogP contribution is -2.26. The largest absolute Gasteiger partial charge is 0.378 e. The molecule has 0 unspecified atom stereocenters. The molecule has 7 heteroatoms. The van der Waals surface area contributed by atoms with Crippen LogP contribution < -0.4 is 5.32 Å². The van der Waals surface area contributed by atoms with E-state index in [1.807, 2.05) is 0 Å². The van der Waals surface area contributed by atoms with Crippen molar-refractivity contribution in [1.29, 1.82) is 0 Å². The third-order valence-electron chi connectivity index (χ3n) is 4.25. The number of nitrogens with zero attached hydrogens (tertiary/aromatic N) is 2. The van der Waals surface area contributed by atoms with E-state index in [4.69, 9.17) is 4.74 Å². The van der Waals surface area contributed by atoms with E-state index in [9.17, 15) is 13.6 Å². The molecule has 0 bridgehead atoms. The molecule has 1 fully saturated rings. The summed E-state index contributed by atoms with van der Waals surface area (Å²) in [5, 5.41) is 6.88. The highest BCUT2D eigenvalue weighted by Gasteiger charge is 2.15. The number of hydrogen-bond donors (Lipinski definition) is 1. The lowest BCUT2D eigenvalue weighted by Gasteiger charge is -2.22. The van der Waals surface area contributed by atoms with Crippen LogP contribution in [0.1, 0.15) is 37.7 Å². The van der Waals surface area contributed by atoms with Crippen molar-refractivity contribution in [1.82, 2.24) is 15.1 Å². The Kier molecular flexibility index (Phi) is 5.75. The molecule has 1 N–H and O–H groups in total. The number of rotatable bonds is 6. The third-order valence-corrected chi connectivity index (χ3v) is 4.25. The molecule has 1 aliphatic rings. The number of halogens is 2. The molecule has 1 amide bonds. The Morgan fingerprint density at radius 3 is 3.00 bits per heavy atom. The number of amides is 1. The van der Waals surface area contributed by atoms with Gasteiger partial charge in [0.25, 0.3) is 0 Å². The predicted molar refractivity (Wildman–Crippen MR) is 88.2 cm³/mol. The first-order valence-corrected chi connectivity index (χ1v) is 8.49. The molecule has 1 aromatic carbocycles. The van der Waals surface area contributed by atoms with Crippen molar-refractivity contribution < 1.29 is 18.3 Å². The highest BCUT2D eigenvalue weighted by molar-refractivity contribution is 5.75. The van der Waals surface area contributed by atoms with Crippen molar-refractivity contribution in [3.8, 4) is 5.69 Å². The fourth-order valence-corrected chi connectivity index (χ4v) is 2.87. The third kappa shape index (κ3) is 4.85. The zero-order valence-electron chi connectivity index (χ0n) is 13.9. The normalized spacial score (nSPS) is 17.4. The molecule has 0 saturated carbocycles. The second-order valence-electron chi connectivity index (χ2n) is 6.19. The van der Waals surface area contributed by atoms with Gasteiger partial charge < -0.3 is 10.1 Å². The van der Waals surface area contributed by atoms with Crippen LogP contribution in [-0.4, -0.2) is 28.4 Å². The topological polar surface area (TPSA) is 56.1 Å². The molecule has 0 aliphatic carbocycles. The van der Waals surface area contributed by atoms with Gasteiger partial charge in [0.1, 0.15) is 11.5 Å². The number of hydrogen-bond acceptors (Lipinski definition) is 3. The Bertz CT molecular complexity index is 727. The highest BCUT2D eigenvalue weighted by Crippen LogP contribution is 2.17. The van der Waals surface area contributed by atoms with Gasteiger partial charge in [-0.05, 0) is 37.8 Å². The molecule has 2 heterocycles. The standard InChI is InChI=1S/C18H21F2N3O2/c19-14-4-6-17(16(20)9-14)23-12-13(11-22-23)10-21-18(24)7-5-15-3-1-2-8-25-15/h4,6,9,11-12,15H,1-3,5,7-8,10H2,(H,21,24)/t15-/m1/s1. The number of benzene rings is 1. The summed E-state index contributed by atoms with van der Waals surface area (Å²) in [6.07, 6.45) is 7.77. The number of aromatic nitrogens is 2. The average Bonchev–Trinajstić information content (AvgIpc) is 3.08. The molecule has 3 rings (SSSR count). The van der Waals surface area contributed by atoms with Crippen LogP contribution in [0, 0.1) is 11.6 Å². The molecule has 1 aromatic heterocycles. The highest BCUT2D eigenvalue weighted by atomic mass is 19.1. The van der Waals surface area contributed by atoms with E-state index in [1.165, 1.54) is 16.8 Å². The molecule has 0 spiro atoms. The summed E-state index contributed by atoms with van der Waals surface area (Å²) >= 11 is 0. The second kappa shape index (κ2) is 8.20. The van der Waals surface area contributed by atoms with Crippen LogP contribution in [0.15, 0.2) is 30.6 Å². The van der Waals surface area contributed by atoms with Crippen LogP contribution in [0.2, 0.25) is 0 Å². The van der Waals surface area contributed by atoms with Gasteiger partial charge in [-0.25, -0.2) is 13.5 Å². The van der Waals surface area contributed by atoms with E-state index in [1.54, 1.807) is 12.4 Å². The summed E-state index contributed by atoms with van der Waals surface area (Å²) in [4.78, 5) is 11.9. The zero-order chi connectivity index (χ0) is 17.6. The number of nitrogens with one attached hydrogen (secondary N) is 1. The Hall–Kier alpha value is -2.28. The Morgan fingerprint density at radius 2 is 2.24 bits per heavy atom. The van der Waals surface area contributed by atoms with Crippen molar-refractivity contribution in [3.05, 3.63) is 47.8 Å². The molecule has 134 valence electrons. The molecule has 25 heavy (non-hydrogen) atoms. The van der Waals surface area contributed by atoms with Crippen molar-refractivity contribution in [2.75, 3.05) is 6.61 Å². The second-order valence-corrected chi connectivity index (χ2v) is 6.19. The van der Waals surface area contributed by atoms with E-state index < -0.39 is 11.6 Å². The molecular formula is C18H21F2N3O2. The first-order chi connectivity index (χ1) is 12.1. The van der Waals surface area contributed by atoms with Gasteiger partial charge in [-0.1, -0.05) is 0 Å². The van der Waals surface area contributed by atoms with Crippen LogP contribution in [0.4, 0.5) is 8.78 Å². The molecule has 1 atom stereocenters. The van der Waals surface area contributed by atoms with E-state index in [0.29, 0.717) is 13.0 Å². The van der Waals surface area contributed by atoms with Gasteiger partial charge in [0.05, 0.1) is 12.3 Å². The predicted octanol–water partition coefficient (Wildman–Crippen LogP) is 3.12. The molecule has 5 nitrogen and oxygen atoms in total. The maximum Gasteiger partial charge on any atom is 0.220 e. The monoisotopic (exact) mass is 349 g/mol. The van der Waals surface area contributed by atoms with E-state index in [0.717, 1.165) is 43.9 Å². The maximum absolute atomic E-state index is 13.8. The minimum Gasteiger partial charge on any atom is -0.378 e. The Morgan fingerprint density at radius 1 is 1.36 bits per heavy atom. The molecule has 0 radical (unpaired) electrons. The van der Waals surface area contributed by atoms with Crippen molar-refractivity contribution >= 4 is 5.91 Å². The lowest BCUT2D eigenvalue weighted by atomic mass is 10.0. The van der Waals surface area contributed by atoms with E-state index in [-0.39, 0.29) is 17.7 Å². The molecule has 1 saturated heterocycles. The molecule has 1 aliphatic heterocycles. The first-order valence-electron chi connectivity index (χ1n) is 8.49. The fraction of sp³-hybridized carbons (Fsp3) is 0.444. The fourth-order valence-electron chi connectivity index (χ4n) is 2.87. The molecular weight excluding hydrogens is 328 g/mol. The SMILES string of the molecule is O=C(CC[C@H]1CCCCO1)NCc1cnn(-c2ccc(F)cc2F)c1. The summed E-state index contributed by atoms with van der Waals surface area (Å²) in [7, 11) is 0. The summed E-state index contributed by atoms with van der Waals surface area (Å²) < 4.78 is 33.6. The first kappa shape index (κ1) is 17.5. The minimum atomic E-state index is -0.689. The van der Waals surface area contributed by atoms with E-state index in [2.05, 4.69) is 10.4 Å². The van der Waals surface area contributed by atoms with Gasteiger partial charge in [-0.2, -0.15) is 5.10 Å². The quantitative estimate of drug-likeness (QED) is 0.872. The zero-order valence-corrected chi connectivity index (χ0v) is 13.9. The summed E-state index contributed by atoms with van der Waals surface area (Å²) in [6, 6.07) is 3.31. The number of carbonyl (C=O) groups is 1. The van der Waals surface area contributed by atoms with Crippen LogP contribution in [0.3, 0.4) is 0 Å². The van der Waals surface area contributed by atoms with Crippen LogP contribution >= 0.6 is 0 Å². The van der Waals surface area contributed by atoms with Crippen LogP contribution in [-0.2, 0) is 16.1 Å². The minimum absolute atomic E-state index is 0.0464. The smallest absolute Gasteiger partial charge is 0.220 e. The summed E-state index contributed by atoms with van der Waals surface area (Å²) in [5.74, 6) is -1.37. The van der Waals surface area contributed by atoms with Gasteiger partial charge in [0.2, 0.25) is 5.91 Å². The summed E-state index contributed by atoms with van der Waals surface area (Å²) in [6.45, 7) is 1.10. The van der Waals surface area contributed by atoms with E-state index >= 15 is 0 Å². The van der Waals surface area contributed by atoms with Crippen molar-refractivity contribution in [2.24, 2.45) is 0 Å². The average molecular weight is 349 g/mol. The molecule has 2 aromatic rings. The van der Waals surface area contributed by atoms with Gasteiger partial charge in [0.15, 0.2) is 5.82 Å². The summed E-state index contributed by atoms with van der Waals surface area (Å²) in [5.41, 5.74) is 0.902. The maximum atomic E-state index is 13.8. The number of carbonyl (C=O) groups excluding carboxylic acids is 1. The van der Waals surface area contributed by atoms with Gasteiger partial charge in [0, 0.05) is 37.4 Å². The number of ether oxygens (including phenoxy) is 1. The lowest BCUT2D eigenvalue weighted by molar-refractivity contribution is -0.122. The Balaban J connectivity index is 1.48. The van der Waals surface area contributed by atoms with Gasteiger partial charge in [-0.15, -0.1) is 0 Å². The van der Waals surface area contributed by atoms with Crippen molar-refractivity contribution in [2.45, 2.75) is 44.8 Å². The Labute approximate surface area is 145 Å².